The van der Waals surface area contributed by atoms with Crippen LogP contribution in [0.1, 0.15) is 20.8 Å². The smallest absolute Gasteiger partial charge is 0.313 e. The van der Waals surface area contributed by atoms with Gasteiger partial charge in [-0.3, -0.25) is 4.79 Å². The van der Waals surface area contributed by atoms with E-state index in [9.17, 15) is 4.79 Å². The van der Waals surface area contributed by atoms with E-state index < -0.39 is 5.97 Å². The molecule has 0 aliphatic rings. The van der Waals surface area contributed by atoms with Crippen LogP contribution in [0.3, 0.4) is 0 Å². The summed E-state index contributed by atoms with van der Waals surface area (Å²) in [7, 11) is 0. The quantitative estimate of drug-likeness (QED) is 0.540. The van der Waals surface area contributed by atoms with Gasteiger partial charge in [-0.25, -0.2) is 0 Å². The van der Waals surface area contributed by atoms with Crippen LogP contribution in [-0.4, -0.2) is 22.6 Å². The summed E-state index contributed by atoms with van der Waals surface area (Å²) < 4.78 is 0. The molecule has 0 aromatic carbocycles. The first-order valence-electron chi connectivity index (χ1n) is 3.71. The lowest BCUT2D eigenvalue weighted by Crippen LogP contribution is -2.00. The lowest BCUT2D eigenvalue weighted by molar-refractivity contribution is -0.133. The van der Waals surface area contributed by atoms with Crippen molar-refractivity contribution >= 4 is 17.7 Å². The zero-order valence-corrected chi connectivity index (χ0v) is 8.49. The van der Waals surface area contributed by atoms with Crippen molar-refractivity contribution < 1.29 is 9.90 Å². The van der Waals surface area contributed by atoms with Crippen LogP contribution < -0.4 is 0 Å². The van der Waals surface area contributed by atoms with E-state index >= 15 is 0 Å². The predicted octanol–water partition coefficient (Wildman–Crippen LogP) is 1.85. The lowest BCUT2D eigenvalue weighted by atomic mass is 9.98. The SMILES string of the molecule is CC(C)(C)C#CCSCC(=O)O. The molecule has 0 spiro atoms. The summed E-state index contributed by atoms with van der Waals surface area (Å²) in [5.74, 6) is 5.92. The van der Waals surface area contributed by atoms with E-state index in [1.165, 1.54) is 11.8 Å². The van der Waals surface area contributed by atoms with Crippen LogP contribution in [0.2, 0.25) is 0 Å². The van der Waals surface area contributed by atoms with Crippen LogP contribution in [0.25, 0.3) is 0 Å². The van der Waals surface area contributed by atoms with Gasteiger partial charge in [0, 0.05) is 5.41 Å². The Bertz CT molecular complexity index is 205. The van der Waals surface area contributed by atoms with Crippen molar-refractivity contribution in [2.24, 2.45) is 5.41 Å². The number of rotatable bonds is 3. The topological polar surface area (TPSA) is 37.3 Å². The van der Waals surface area contributed by atoms with Gasteiger partial charge in [-0.1, -0.05) is 11.8 Å². The van der Waals surface area contributed by atoms with Gasteiger partial charge >= 0.3 is 5.97 Å². The molecule has 3 heteroatoms. The number of carbonyl (C=O) groups is 1. The molecule has 0 unspecified atom stereocenters. The van der Waals surface area contributed by atoms with Crippen molar-refractivity contribution in [2.45, 2.75) is 20.8 Å². The fourth-order valence-corrected chi connectivity index (χ4v) is 0.942. The lowest BCUT2D eigenvalue weighted by Gasteiger charge is -2.06. The third-order valence-electron chi connectivity index (χ3n) is 0.863. The van der Waals surface area contributed by atoms with Crippen molar-refractivity contribution in [3.63, 3.8) is 0 Å². The van der Waals surface area contributed by atoms with Gasteiger partial charge < -0.3 is 5.11 Å². The molecule has 0 bridgehead atoms. The second kappa shape index (κ2) is 5.10. The maximum absolute atomic E-state index is 10.1. The van der Waals surface area contributed by atoms with E-state index in [0.29, 0.717) is 5.75 Å². The molecule has 0 aliphatic heterocycles. The molecule has 0 aromatic heterocycles. The van der Waals surface area contributed by atoms with E-state index in [2.05, 4.69) is 11.8 Å². The first kappa shape index (κ1) is 11.4. The first-order valence-corrected chi connectivity index (χ1v) is 4.87. The second-order valence-electron chi connectivity index (χ2n) is 3.44. The number of carboxylic acids is 1. The molecule has 0 atom stereocenters. The average Bonchev–Trinajstić information content (AvgIpc) is 1.83. The number of hydrogen-bond acceptors (Lipinski definition) is 2. The summed E-state index contributed by atoms with van der Waals surface area (Å²) in [6, 6.07) is 0. The van der Waals surface area contributed by atoms with Crippen LogP contribution in [0.4, 0.5) is 0 Å². The number of hydrogen-bond donors (Lipinski definition) is 1. The van der Waals surface area contributed by atoms with Gasteiger partial charge in [0.2, 0.25) is 0 Å². The molecule has 1 N–H and O–H groups in total. The van der Waals surface area contributed by atoms with Crippen LogP contribution in [0.15, 0.2) is 0 Å². The molecule has 0 amide bonds. The van der Waals surface area contributed by atoms with Crippen LogP contribution in [-0.2, 0) is 4.79 Å². The molecule has 0 radical (unpaired) electrons. The highest BCUT2D eigenvalue weighted by Gasteiger charge is 2.02. The third-order valence-corrected chi connectivity index (χ3v) is 1.66. The monoisotopic (exact) mass is 186 g/mol. The summed E-state index contributed by atoms with van der Waals surface area (Å²) >= 11 is 1.33. The second-order valence-corrected chi connectivity index (χ2v) is 4.42. The van der Waals surface area contributed by atoms with E-state index in [1.54, 1.807) is 0 Å². The zero-order chi connectivity index (χ0) is 9.61. The Kier molecular flexibility index (Phi) is 4.84. The molecule has 0 fully saturated rings. The van der Waals surface area contributed by atoms with Crippen LogP contribution in [0, 0.1) is 17.3 Å². The minimum atomic E-state index is -0.780. The Labute approximate surface area is 77.7 Å². The standard InChI is InChI=1S/C9H14O2S/c1-9(2,3)5-4-6-12-7-8(10)11/h6-7H2,1-3H3,(H,10,11). The molecule has 0 saturated carbocycles. The molecule has 0 rings (SSSR count). The highest BCUT2D eigenvalue weighted by molar-refractivity contribution is 8.00. The van der Waals surface area contributed by atoms with E-state index in [4.69, 9.17) is 5.11 Å². The highest BCUT2D eigenvalue weighted by atomic mass is 32.2. The van der Waals surface area contributed by atoms with E-state index in [-0.39, 0.29) is 11.2 Å². The Morgan fingerprint density at radius 2 is 2.08 bits per heavy atom. The Hall–Kier alpha value is -0.620. The molecule has 0 aromatic rings. The Balaban J connectivity index is 3.53. The maximum atomic E-state index is 10.1. The van der Waals surface area contributed by atoms with Crippen molar-refractivity contribution in [1.29, 1.82) is 0 Å². The van der Waals surface area contributed by atoms with Crippen molar-refractivity contribution in [2.75, 3.05) is 11.5 Å². The summed E-state index contributed by atoms with van der Waals surface area (Å²) in [6.45, 7) is 6.09. The van der Waals surface area contributed by atoms with Gasteiger partial charge in [0.25, 0.3) is 0 Å². The third kappa shape index (κ3) is 9.38. The van der Waals surface area contributed by atoms with Gasteiger partial charge in [-0.05, 0) is 20.8 Å². The molecular weight excluding hydrogens is 172 g/mol. The molecule has 0 saturated heterocycles. The minimum absolute atomic E-state index is 0.0176. The van der Waals surface area contributed by atoms with E-state index in [1.807, 2.05) is 20.8 Å². The molecular formula is C9H14O2S. The normalized spacial score (nSPS) is 10.2. The molecule has 68 valence electrons. The highest BCUT2D eigenvalue weighted by Crippen LogP contribution is 2.10. The fourth-order valence-electron chi connectivity index (χ4n) is 0.491. The Morgan fingerprint density at radius 3 is 2.50 bits per heavy atom. The van der Waals surface area contributed by atoms with Crippen LogP contribution in [0.5, 0.6) is 0 Å². The number of carboxylic acid groups (broad SMARTS) is 1. The summed E-state index contributed by atoms with van der Waals surface area (Å²) in [6.07, 6.45) is 0. The van der Waals surface area contributed by atoms with Gasteiger partial charge in [0.1, 0.15) is 0 Å². The number of aliphatic carboxylic acids is 1. The van der Waals surface area contributed by atoms with Crippen LogP contribution >= 0.6 is 11.8 Å². The largest absolute Gasteiger partial charge is 0.481 e. The van der Waals surface area contributed by atoms with E-state index in [0.717, 1.165) is 0 Å². The summed E-state index contributed by atoms with van der Waals surface area (Å²) in [5.41, 5.74) is 0.0176. The minimum Gasteiger partial charge on any atom is -0.481 e. The Morgan fingerprint density at radius 1 is 1.50 bits per heavy atom. The van der Waals surface area contributed by atoms with Crippen molar-refractivity contribution in [3.8, 4) is 11.8 Å². The van der Waals surface area contributed by atoms with Crippen molar-refractivity contribution in [1.82, 2.24) is 0 Å². The van der Waals surface area contributed by atoms with Gasteiger partial charge in [0.05, 0.1) is 11.5 Å². The van der Waals surface area contributed by atoms with Gasteiger partial charge in [-0.2, -0.15) is 0 Å². The molecule has 2 nitrogen and oxygen atoms in total. The molecule has 0 heterocycles. The number of thioether (sulfide) groups is 1. The average molecular weight is 186 g/mol. The summed E-state index contributed by atoms with van der Waals surface area (Å²) in [4.78, 5) is 10.1. The predicted molar refractivity (Wildman–Crippen MR) is 52.2 cm³/mol. The zero-order valence-electron chi connectivity index (χ0n) is 7.68. The van der Waals surface area contributed by atoms with Crippen molar-refractivity contribution in [3.05, 3.63) is 0 Å². The van der Waals surface area contributed by atoms with Gasteiger partial charge in [-0.15, -0.1) is 11.8 Å². The fraction of sp³-hybridized carbons (Fsp3) is 0.667. The first-order chi connectivity index (χ1) is 5.42. The van der Waals surface area contributed by atoms with Gasteiger partial charge in [0.15, 0.2) is 0 Å². The summed E-state index contributed by atoms with van der Waals surface area (Å²) in [5, 5.41) is 8.30. The molecule has 12 heavy (non-hydrogen) atoms. The molecule has 0 aliphatic carbocycles. The maximum Gasteiger partial charge on any atom is 0.313 e.